The van der Waals surface area contributed by atoms with Crippen LogP contribution in [0.25, 0.3) is 22.3 Å². The zero-order valence-corrected chi connectivity index (χ0v) is 23.8. The van der Waals surface area contributed by atoms with Gasteiger partial charge in [0.1, 0.15) is 29.9 Å². The first kappa shape index (κ1) is 28.5. The van der Waals surface area contributed by atoms with Gasteiger partial charge in [-0.1, -0.05) is 25.1 Å². The van der Waals surface area contributed by atoms with E-state index < -0.39 is 23.4 Å². The maximum absolute atomic E-state index is 15.5. The number of fused-ring (bicyclic) bond motifs is 1. The van der Waals surface area contributed by atoms with E-state index in [1.165, 1.54) is 12.1 Å². The zero-order valence-electron chi connectivity index (χ0n) is 23.8. The van der Waals surface area contributed by atoms with Crippen LogP contribution in [-0.2, 0) is 19.6 Å². The molecular formula is C34H30F3N3O3. The molecule has 1 fully saturated rings. The van der Waals surface area contributed by atoms with Crippen molar-refractivity contribution in [3.8, 4) is 17.1 Å². The number of aromatic nitrogens is 3. The molecule has 43 heavy (non-hydrogen) atoms. The van der Waals surface area contributed by atoms with Crippen molar-refractivity contribution in [2.24, 2.45) is 5.41 Å². The lowest BCUT2D eigenvalue weighted by Crippen LogP contribution is -2.14. The van der Waals surface area contributed by atoms with E-state index in [-0.39, 0.29) is 46.7 Å². The molecule has 3 aromatic carbocycles. The molecule has 0 spiro atoms. The van der Waals surface area contributed by atoms with Gasteiger partial charge >= 0.3 is 5.97 Å². The third-order valence-corrected chi connectivity index (χ3v) is 8.34. The second kappa shape index (κ2) is 11.2. The van der Waals surface area contributed by atoms with Crippen LogP contribution in [0.3, 0.4) is 0 Å². The highest BCUT2D eigenvalue weighted by Gasteiger charge is 2.41. The Bertz CT molecular complexity index is 1860. The minimum atomic E-state index is -1.04. The predicted octanol–water partition coefficient (Wildman–Crippen LogP) is 7.88. The van der Waals surface area contributed by atoms with Crippen molar-refractivity contribution in [3.63, 3.8) is 0 Å². The Hall–Kier alpha value is -4.66. The van der Waals surface area contributed by atoms with Gasteiger partial charge in [0.05, 0.1) is 22.3 Å². The number of benzene rings is 3. The van der Waals surface area contributed by atoms with Crippen LogP contribution in [0.4, 0.5) is 13.2 Å². The molecule has 0 atom stereocenters. The van der Waals surface area contributed by atoms with Crippen molar-refractivity contribution < 1.29 is 27.8 Å². The molecule has 9 heteroatoms. The van der Waals surface area contributed by atoms with Crippen LogP contribution in [0.1, 0.15) is 59.1 Å². The van der Waals surface area contributed by atoms with E-state index in [0.29, 0.717) is 29.0 Å². The van der Waals surface area contributed by atoms with Crippen LogP contribution in [0.5, 0.6) is 5.88 Å². The van der Waals surface area contributed by atoms with Crippen LogP contribution in [0, 0.1) is 29.8 Å². The number of halogens is 3. The second-order valence-corrected chi connectivity index (χ2v) is 11.3. The average molecular weight is 586 g/mol. The summed E-state index contributed by atoms with van der Waals surface area (Å²) >= 11 is 0. The Morgan fingerprint density at radius 1 is 0.953 bits per heavy atom. The Kier molecular flexibility index (Phi) is 7.42. The van der Waals surface area contributed by atoms with Crippen LogP contribution < -0.4 is 4.74 Å². The van der Waals surface area contributed by atoms with E-state index in [1.54, 1.807) is 49.4 Å². The van der Waals surface area contributed by atoms with Gasteiger partial charge in [0.25, 0.3) is 0 Å². The highest BCUT2D eigenvalue weighted by molar-refractivity contribution is 5.92. The lowest BCUT2D eigenvalue weighted by Gasteiger charge is -2.17. The van der Waals surface area contributed by atoms with E-state index in [2.05, 4.69) is 11.9 Å². The van der Waals surface area contributed by atoms with Crippen molar-refractivity contribution in [2.75, 3.05) is 0 Å². The molecule has 1 aliphatic rings. The number of aromatic carboxylic acids is 1. The fourth-order valence-corrected chi connectivity index (χ4v) is 5.41. The summed E-state index contributed by atoms with van der Waals surface area (Å²) in [4.78, 5) is 20.7. The summed E-state index contributed by atoms with van der Waals surface area (Å²) in [5, 5.41) is 9.53. The van der Waals surface area contributed by atoms with Crippen LogP contribution >= 0.6 is 0 Å². The molecule has 6 rings (SSSR count). The Morgan fingerprint density at radius 2 is 1.74 bits per heavy atom. The number of hydrogen-bond acceptors (Lipinski definition) is 4. The first-order valence-corrected chi connectivity index (χ1v) is 14.2. The van der Waals surface area contributed by atoms with E-state index in [1.807, 2.05) is 4.57 Å². The number of carboxylic acids is 1. The summed E-state index contributed by atoms with van der Waals surface area (Å²) < 4.78 is 52.8. The van der Waals surface area contributed by atoms with Gasteiger partial charge in [0.15, 0.2) is 0 Å². The first-order chi connectivity index (χ1) is 20.6. The topological polar surface area (TPSA) is 77.2 Å². The summed E-state index contributed by atoms with van der Waals surface area (Å²) in [6.07, 6.45) is 3.08. The predicted molar refractivity (Wildman–Crippen MR) is 157 cm³/mol. The highest BCUT2D eigenvalue weighted by atomic mass is 19.1. The standard InChI is InChI=1S/C34H30F3N3O3/c1-3-34(11-12-34)19-40-30-15-21(33(41)42)9-10-29(30)38-31(40)16-23-14-27(37)24(17-26(23)36)28-5-4-6-32(39-28)43-18-22-8-7-20(2)13-25(22)35/h4-10,13-15,17H,3,11-12,16,18-19H2,1-2H3,(H,41,42). The number of carboxylic acid groups (broad SMARTS) is 1. The van der Waals surface area contributed by atoms with Crippen molar-refractivity contribution in [2.45, 2.75) is 52.7 Å². The van der Waals surface area contributed by atoms with Crippen LogP contribution in [-0.4, -0.2) is 25.6 Å². The molecule has 0 unspecified atom stereocenters. The molecule has 0 saturated heterocycles. The zero-order chi connectivity index (χ0) is 30.3. The summed E-state index contributed by atoms with van der Waals surface area (Å²) in [6, 6.07) is 16.6. The first-order valence-electron chi connectivity index (χ1n) is 14.2. The van der Waals surface area contributed by atoms with E-state index in [0.717, 1.165) is 37.0 Å². The van der Waals surface area contributed by atoms with Crippen molar-refractivity contribution in [3.05, 3.63) is 112 Å². The number of aryl methyl sites for hydroxylation is 1. The number of imidazole rings is 1. The van der Waals surface area contributed by atoms with E-state index in [4.69, 9.17) is 9.72 Å². The summed E-state index contributed by atoms with van der Waals surface area (Å²) in [5.74, 6) is -2.01. The van der Waals surface area contributed by atoms with E-state index >= 15 is 8.78 Å². The van der Waals surface area contributed by atoms with Crippen molar-refractivity contribution in [1.82, 2.24) is 14.5 Å². The highest BCUT2D eigenvalue weighted by Crippen LogP contribution is 2.50. The number of hydrogen-bond donors (Lipinski definition) is 1. The Labute approximate surface area is 246 Å². The molecule has 1 saturated carbocycles. The molecule has 0 bridgehead atoms. The minimum absolute atomic E-state index is 0.0264. The molecule has 0 radical (unpaired) electrons. The van der Waals surface area contributed by atoms with Crippen molar-refractivity contribution in [1.29, 1.82) is 0 Å². The molecule has 6 nitrogen and oxygen atoms in total. The van der Waals surface area contributed by atoms with E-state index in [9.17, 15) is 14.3 Å². The maximum atomic E-state index is 15.5. The van der Waals surface area contributed by atoms with Crippen molar-refractivity contribution >= 4 is 17.0 Å². The number of nitrogens with zero attached hydrogens (tertiary/aromatic N) is 3. The molecule has 1 N–H and O–H groups in total. The maximum Gasteiger partial charge on any atom is 0.335 e. The second-order valence-electron chi connectivity index (χ2n) is 11.3. The number of carbonyl (C=O) groups is 1. The molecule has 1 aliphatic carbocycles. The molecule has 220 valence electrons. The van der Waals surface area contributed by atoms with Gasteiger partial charge in [0, 0.05) is 30.2 Å². The van der Waals surface area contributed by atoms with Gasteiger partial charge in [-0.05, 0) is 85.2 Å². The minimum Gasteiger partial charge on any atom is -0.478 e. The molecule has 2 heterocycles. The summed E-state index contributed by atoms with van der Waals surface area (Å²) in [6.45, 7) is 4.48. The van der Waals surface area contributed by atoms with Gasteiger partial charge < -0.3 is 14.4 Å². The smallest absolute Gasteiger partial charge is 0.335 e. The van der Waals surface area contributed by atoms with Gasteiger partial charge in [0.2, 0.25) is 5.88 Å². The average Bonchev–Trinajstić information content (AvgIpc) is 3.69. The third-order valence-electron chi connectivity index (χ3n) is 8.34. The third kappa shape index (κ3) is 5.84. The lowest BCUT2D eigenvalue weighted by molar-refractivity contribution is 0.0697. The van der Waals surface area contributed by atoms with Crippen LogP contribution in [0.15, 0.2) is 66.7 Å². The SMILES string of the molecule is CCC1(Cn2c(Cc3cc(F)c(-c4cccc(OCc5ccc(C)cc5F)n4)cc3F)nc3ccc(C(=O)O)cc32)CC1. The van der Waals surface area contributed by atoms with Crippen LogP contribution in [0.2, 0.25) is 0 Å². The molecule has 5 aromatic rings. The normalized spacial score (nSPS) is 13.8. The Morgan fingerprint density at radius 3 is 2.47 bits per heavy atom. The summed E-state index contributed by atoms with van der Waals surface area (Å²) in [5.41, 5.74) is 2.93. The summed E-state index contributed by atoms with van der Waals surface area (Å²) in [7, 11) is 0. The monoisotopic (exact) mass is 585 g/mol. The number of rotatable bonds is 10. The Balaban J connectivity index is 1.28. The molecule has 2 aromatic heterocycles. The number of ether oxygens (including phenoxy) is 1. The quantitative estimate of drug-likeness (QED) is 0.180. The molecule has 0 aliphatic heterocycles. The molecule has 0 amide bonds. The fraction of sp³-hybridized carbons (Fsp3) is 0.265. The van der Waals surface area contributed by atoms with Gasteiger partial charge in [-0.15, -0.1) is 0 Å². The molecular weight excluding hydrogens is 555 g/mol. The van der Waals surface area contributed by atoms with Gasteiger partial charge in [-0.3, -0.25) is 0 Å². The number of pyridine rings is 1. The lowest BCUT2D eigenvalue weighted by atomic mass is 10.0. The largest absolute Gasteiger partial charge is 0.478 e. The van der Waals surface area contributed by atoms with Gasteiger partial charge in [-0.25, -0.2) is 27.9 Å². The van der Waals surface area contributed by atoms with Gasteiger partial charge in [-0.2, -0.15) is 0 Å². The fourth-order valence-electron chi connectivity index (χ4n) is 5.41.